The quantitative estimate of drug-likeness (QED) is 0.938. The number of nitrogens with one attached hydrogen (secondary N) is 1. The Morgan fingerprint density at radius 3 is 2.90 bits per heavy atom. The monoisotopic (exact) mass is 307 g/mol. The Hall–Kier alpha value is -1.92. The molecule has 1 aromatic carbocycles. The van der Waals surface area contributed by atoms with Crippen molar-refractivity contribution in [1.82, 2.24) is 15.5 Å². The van der Waals surface area contributed by atoms with E-state index in [0.717, 1.165) is 25.0 Å². The third-order valence-electron chi connectivity index (χ3n) is 3.24. The van der Waals surface area contributed by atoms with Crippen LogP contribution in [0.25, 0.3) is 11.4 Å². The Morgan fingerprint density at radius 2 is 2.19 bits per heavy atom. The fourth-order valence-electron chi connectivity index (χ4n) is 2.12. The van der Waals surface area contributed by atoms with E-state index in [4.69, 9.17) is 20.9 Å². The molecule has 0 saturated carbocycles. The zero-order valence-corrected chi connectivity index (χ0v) is 12.0. The minimum absolute atomic E-state index is 0.0575. The average molecular weight is 308 g/mol. The maximum atomic E-state index is 11.9. The fraction of sp³-hybridized carbons (Fsp3) is 0.357. The van der Waals surface area contributed by atoms with Crippen molar-refractivity contribution in [3.63, 3.8) is 0 Å². The molecule has 0 spiro atoms. The average Bonchev–Trinajstić information content (AvgIpc) is 3.17. The third kappa shape index (κ3) is 3.40. The molecule has 1 aromatic heterocycles. The largest absolute Gasteiger partial charge is 0.376 e. The number of rotatable bonds is 4. The summed E-state index contributed by atoms with van der Waals surface area (Å²) in [5, 5.41) is 7.15. The zero-order valence-electron chi connectivity index (χ0n) is 11.2. The number of ether oxygens (including phenoxy) is 1. The minimum Gasteiger partial charge on any atom is -0.376 e. The molecule has 2 heterocycles. The molecule has 6 nitrogen and oxygen atoms in total. The molecule has 0 aliphatic carbocycles. The Labute approximate surface area is 126 Å². The molecular formula is C14H14ClN3O3. The van der Waals surface area contributed by atoms with Crippen LogP contribution in [-0.4, -0.2) is 35.3 Å². The number of halogens is 1. The van der Waals surface area contributed by atoms with Crippen LogP contribution in [-0.2, 0) is 4.74 Å². The Kier molecular flexibility index (Phi) is 4.17. The lowest BCUT2D eigenvalue weighted by atomic mass is 10.2. The minimum atomic E-state index is -0.391. The van der Waals surface area contributed by atoms with E-state index in [1.54, 1.807) is 24.3 Å². The first kappa shape index (κ1) is 14.0. The van der Waals surface area contributed by atoms with Gasteiger partial charge in [-0.25, -0.2) is 0 Å². The first-order valence-corrected chi connectivity index (χ1v) is 7.09. The van der Waals surface area contributed by atoms with Gasteiger partial charge in [0.1, 0.15) is 0 Å². The second kappa shape index (κ2) is 6.24. The van der Waals surface area contributed by atoms with E-state index in [2.05, 4.69) is 15.5 Å². The lowest BCUT2D eigenvalue weighted by molar-refractivity contribution is 0.0822. The van der Waals surface area contributed by atoms with Crippen molar-refractivity contribution in [2.45, 2.75) is 18.9 Å². The number of hydrogen-bond donors (Lipinski definition) is 1. The van der Waals surface area contributed by atoms with E-state index < -0.39 is 5.91 Å². The highest BCUT2D eigenvalue weighted by Gasteiger charge is 2.20. The molecule has 1 N–H and O–H groups in total. The molecule has 1 saturated heterocycles. The number of aromatic nitrogens is 2. The maximum absolute atomic E-state index is 11.9. The predicted molar refractivity (Wildman–Crippen MR) is 76.1 cm³/mol. The molecule has 21 heavy (non-hydrogen) atoms. The number of carbonyl (C=O) groups excluding carboxylic acids is 1. The summed E-state index contributed by atoms with van der Waals surface area (Å²) in [6, 6.07) is 6.98. The molecule has 1 fully saturated rings. The van der Waals surface area contributed by atoms with Crippen molar-refractivity contribution in [3.8, 4) is 11.4 Å². The smallest absolute Gasteiger partial charge is 0.316 e. The molecule has 1 aliphatic rings. The Bertz CT molecular complexity index is 621. The van der Waals surface area contributed by atoms with Gasteiger partial charge in [0, 0.05) is 23.7 Å². The van der Waals surface area contributed by atoms with E-state index in [1.165, 1.54) is 0 Å². The van der Waals surface area contributed by atoms with Crippen molar-refractivity contribution in [3.05, 3.63) is 35.2 Å². The van der Waals surface area contributed by atoms with Gasteiger partial charge in [-0.15, -0.1) is 0 Å². The fourth-order valence-corrected chi connectivity index (χ4v) is 2.25. The van der Waals surface area contributed by atoms with Crippen molar-refractivity contribution in [2.75, 3.05) is 13.2 Å². The lowest BCUT2D eigenvalue weighted by Gasteiger charge is -2.08. The van der Waals surface area contributed by atoms with Gasteiger partial charge in [0.2, 0.25) is 5.82 Å². The number of carbonyl (C=O) groups is 1. The molecular weight excluding hydrogens is 294 g/mol. The Morgan fingerprint density at radius 1 is 1.38 bits per heavy atom. The normalized spacial score (nSPS) is 17.9. The van der Waals surface area contributed by atoms with Crippen LogP contribution >= 0.6 is 11.6 Å². The highest BCUT2D eigenvalue weighted by atomic mass is 35.5. The van der Waals surface area contributed by atoms with Gasteiger partial charge in [-0.2, -0.15) is 4.98 Å². The highest BCUT2D eigenvalue weighted by Crippen LogP contribution is 2.18. The van der Waals surface area contributed by atoms with Crippen LogP contribution in [0.2, 0.25) is 5.02 Å². The van der Waals surface area contributed by atoms with Gasteiger partial charge in [-0.05, 0) is 37.1 Å². The second-order valence-corrected chi connectivity index (χ2v) is 5.21. The van der Waals surface area contributed by atoms with Gasteiger partial charge in [-0.3, -0.25) is 4.79 Å². The Balaban J connectivity index is 1.63. The van der Waals surface area contributed by atoms with Crippen molar-refractivity contribution in [1.29, 1.82) is 0 Å². The van der Waals surface area contributed by atoms with Crippen molar-refractivity contribution < 1.29 is 14.1 Å². The zero-order chi connectivity index (χ0) is 14.7. The van der Waals surface area contributed by atoms with Crippen molar-refractivity contribution >= 4 is 17.5 Å². The van der Waals surface area contributed by atoms with E-state index >= 15 is 0 Å². The van der Waals surface area contributed by atoms with Crippen LogP contribution in [0.3, 0.4) is 0 Å². The van der Waals surface area contributed by atoms with Crippen molar-refractivity contribution in [2.24, 2.45) is 0 Å². The summed E-state index contributed by atoms with van der Waals surface area (Å²) >= 11 is 5.82. The van der Waals surface area contributed by atoms with Gasteiger partial charge in [0.15, 0.2) is 0 Å². The van der Waals surface area contributed by atoms with Gasteiger partial charge in [-0.1, -0.05) is 16.8 Å². The van der Waals surface area contributed by atoms with E-state index in [-0.39, 0.29) is 12.0 Å². The molecule has 1 atom stereocenters. The molecule has 7 heteroatoms. The van der Waals surface area contributed by atoms with Crippen LogP contribution in [0, 0.1) is 0 Å². The van der Waals surface area contributed by atoms with Crippen LogP contribution < -0.4 is 5.32 Å². The number of nitrogens with zero attached hydrogens (tertiary/aromatic N) is 2. The SMILES string of the molecule is O=C(NC[C@@H]1CCCO1)c1nc(-c2ccc(Cl)cc2)no1. The summed E-state index contributed by atoms with van der Waals surface area (Å²) in [6.45, 7) is 1.21. The highest BCUT2D eigenvalue weighted by molar-refractivity contribution is 6.30. The molecule has 0 radical (unpaired) electrons. The summed E-state index contributed by atoms with van der Waals surface area (Å²) < 4.78 is 10.4. The molecule has 3 rings (SSSR count). The molecule has 1 amide bonds. The topological polar surface area (TPSA) is 77.2 Å². The molecule has 2 aromatic rings. The molecule has 0 bridgehead atoms. The maximum Gasteiger partial charge on any atom is 0.316 e. The molecule has 1 aliphatic heterocycles. The van der Waals surface area contributed by atoms with Crippen LogP contribution in [0.4, 0.5) is 0 Å². The van der Waals surface area contributed by atoms with Gasteiger partial charge >= 0.3 is 11.8 Å². The number of hydrogen-bond acceptors (Lipinski definition) is 5. The summed E-state index contributed by atoms with van der Waals surface area (Å²) in [5.74, 6) is -0.0925. The van der Waals surface area contributed by atoms with Gasteiger partial charge in [0.25, 0.3) is 0 Å². The van der Waals surface area contributed by atoms with E-state index in [9.17, 15) is 4.79 Å². The van der Waals surface area contributed by atoms with Crippen LogP contribution in [0.15, 0.2) is 28.8 Å². The summed E-state index contributed by atoms with van der Waals surface area (Å²) in [4.78, 5) is 16.0. The number of amides is 1. The summed E-state index contributed by atoms with van der Waals surface area (Å²) in [6.07, 6.45) is 2.06. The predicted octanol–water partition coefficient (Wildman–Crippen LogP) is 2.30. The first-order valence-electron chi connectivity index (χ1n) is 6.72. The van der Waals surface area contributed by atoms with Crippen LogP contribution in [0.5, 0.6) is 0 Å². The standard InChI is InChI=1S/C14H14ClN3O3/c15-10-5-3-9(4-6-10)12-17-14(21-18-12)13(19)16-8-11-2-1-7-20-11/h3-6,11H,1-2,7-8H2,(H,16,19)/t11-/m0/s1. The molecule has 0 unspecified atom stereocenters. The van der Waals surface area contributed by atoms with Gasteiger partial charge in [0.05, 0.1) is 6.10 Å². The summed E-state index contributed by atoms with van der Waals surface area (Å²) in [5.41, 5.74) is 0.737. The number of benzene rings is 1. The van der Waals surface area contributed by atoms with Gasteiger partial charge < -0.3 is 14.6 Å². The first-order chi connectivity index (χ1) is 10.2. The second-order valence-electron chi connectivity index (χ2n) is 4.78. The summed E-state index contributed by atoms with van der Waals surface area (Å²) in [7, 11) is 0. The third-order valence-corrected chi connectivity index (χ3v) is 3.49. The lowest BCUT2D eigenvalue weighted by Crippen LogP contribution is -2.31. The molecule has 110 valence electrons. The van der Waals surface area contributed by atoms with Crippen LogP contribution in [0.1, 0.15) is 23.5 Å². The van der Waals surface area contributed by atoms with E-state index in [1.807, 2.05) is 0 Å². The van der Waals surface area contributed by atoms with E-state index in [0.29, 0.717) is 17.4 Å².